The molecule has 3 heteroatoms. The van der Waals surface area contributed by atoms with Crippen LogP contribution < -0.4 is 0 Å². The summed E-state index contributed by atoms with van der Waals surface area (Å²) in [6.07, 6.45) is 0. The van der Waals surface area contributed by atoms with E-state index in [1.54, 1.807) is 0 Å². The summed E-state index contributed by atoms with van der Waals surface area (Å²) in [4.78, 5) is 11.8. The first kappa shape index (κ1) is 13.3. The number of rotatable bonds is 2. The molecule has 2 aliphatic rings. The number of hydrogen-bond donors (Lipinski definition) is 0. The summed E-state index contributed by atoms with van der Waals surface area (Å²) in [5.41, 5.74) is 3.94. The summed E-state index contributed by atoms with van der Waals surface area (Å²) in [5.74, 6) is 0.155. The molecule has 2 rings (SSSR count). The van der Waals surface area contributed by atoms with Crippen LogP contribution in [0.15, 0.2) is 30.3 Å². The average molecular weight is 354 g/mol. The van der Waals surface area contributed by atoms with E-state index in [9.17, 15) is 4.79 Å². The first-order chi connectivity index (χ1) is 8.54. The van der Waals surface area contributed by atoms with Crippen LogP contribution in [0.4, 0.5) is 0 Å². The maximum atomic E-state index is 11.8. The number of ether oxygens (including phenoxy) is 1. The van der Waals surface area contributed by atoms with E-state index in [1.165, 1.54) is 12.7 Å². The van der Waals surface area contributed by atoms with Crippen LogP contribution in [-0.4, -0.2) is 13.1 Å². The van der Waals surface area contributed by atoms with E-state index in [0.29, 0.717) is 11.5 Å². The second-order valence-electron chi connectivity index (χ2n) is 4.55. The van der Waals surface area contributed by atoms with E-state index in [1.807, 2.05) is 12.1 Å². The summed E-state index contributed by atoms with van der Waals surface area (Å²) >= 11 is 2.25. The van der Waals surface area contributed by atoms with Crippen LogP contribution in [-0.2, 0) is 4.74 Å². The molecule has 0 heterocycles. The molecule has 0 N–H and O–H groups in total. The highest BCUT2D eigenvalue weighted by molar-refractivity contribution is 14.1. The first-order valence-corrected chi connectivity index (χ1v) is 6.93. The molecule has 18 heavy (non-hydrogen) atoms. The standard InChI is InChI=1S/C15H15IO2/c1-9(2)10-5-4-6-11-12(7-10)13(8-14(11)16)15(17)18-3/h4-9H,1-3H3. The van der Waals surface area contributed by atoms with Crippen molar-refractivity contribution in [2.75, 3.05) is 7.11 Å². The molecule has 0 aromatic rings. The predicted molar refractivity (Wildman–Crippen MR) is 81.2 cm³/mol. The van der Waals surface area contributed by atoms with Gasteiger partial charge in [0.1, 0.15) is 0 Å². The maximum Gasteiger partial charge on any atom is 0.338 e. The van der Waals surface area contributed by atoms with Gasteiger partial charge >= 0.3 is 5.97 Å². The first-order valence-electron chi connectivity index (χ1n) is 5.85. The second-order valence-corrected chi connectivity index (χ2v) is 5.71. The van der Waals surface area contributed by atoms with Gasteiger partial charge in [-0.1, -0.05) is 32.0 Å². The SMILES string of the molecule is COC(=O)c1cc(I)c2cccc(C(C)C)cc1-2. The summed E-state index contributed by atoms with van der Waals surface area (Å²) in [6.45, 7) is 4.29. The van der Waals surface area contributed by atoms with Crippen LogP contribution in [0.5, 0.6) is 0 Å². The van der Waals surface area contributed by atoms with Gasteiger partial charge in [0, 0.05) is 3.57 Å². The van der Waals surface area contributed by atoms with Crippen LogP contribution >= 0.6 is 22.6 Å². The molecule has 0 aromatic carbocycles. The summed E-state index contributed by atoms with van der Waals surface area (Å²) in [6, 6.07) is 10.2. The molecule has 0 saturated heterocycles. The smallest absolute Gasteiger partial charge is 0.338 e. The Labute approximate surface area is 121 Å². The van der Waals surface area contributed by atoms with Crippen molar-refractivity contribution < 1.29 is 9.53 Å². The molecule has 0 unspecified atom stereocenters. The minimum absolute atomic E-state index is 0.274. The van der Waals surface area contributed by atoms with Gasteiger partial charge in [0.25, 0.3) is 0 Å². The minimum Gasteiger partial charge on any atom is -0.465 e. The van der Waals surface area contributed by atoms with Gasteiger partial charge in [0.05, 0.1) is 12.7 Å². The molecule has 0 amide bonds. The highest BCUT2D eigenvalue weighted by atomic mass is 127. The zero-order valence-corrected chi connectivity index (χ0v) is 12.8. The molecule has 2 nitrogen and oxygen atoms in total. The van der Waals surface area contributed by atoms with Crippen molar-refractivity contribution >= 4 is 28.6 Å². The minimum atomic E-state index is -0.274. The summed E-state index contributed by atoms with van der Waals surface area (Å²) in [7, 11) is 1.42. The fourth-order valence-electron chi connectivity index (χ4n) is 1.99. The van der Waals surface area contributed by atoms with Crippen molar-refractivity contribution in [2.24, 2.45) is 0 Å². The fraction of sp³-hybridized carbons (Fsp3) is 0.267. The van der Waals surface area contributed by atoms with E-state index in [-0.39, 0.29) is 5.97 Å². The quantitative estimate of drug-likeness (QED) is 0.594. The van der Waals surface area contributed by atoms with Crippen LogP contribution in [0.2, 0.25) is 0 Å². The van der Waals surface area contributed by atoms with Gasteiger partial charge in [-0.3, -0.25) is 0 Å². The van der Waals surface area contributed by atoms with E-state index in [4.69, 9.17) is 4.74 Å². The van der Waals surface area contributed by atoms with E-state index in [0.717, 1.165) is 14.7 Å². The fourth-order valence-corrected chi connectivity index (χ4v) is 2.77. The Hall–Kier alpha value is -1.10. The lowest BCUT2D eigenvalue weighted by molar-refractivity contribution is 0.0602. The van der Waals surface area contributed by atoms with Crippen molar-refractivity contribution in [1.29, 1.82) is 0 Å². The Morgan fingerprint density at radius 1 is 1.22 bits per heavy atom. The van der Waals surface area contributed by atoms with Crippen molar-refractivity contribution in [3.63, 3.8) is 0 Å². The van der Waals surface area contributed by atoms with Crippen molar-refractivity contribution in [2.45, 2.75) is 19.8 Å². The number of carbonyl (C=O) groups excluding carboxylic acids is 1. The molecule has 2 aliphatic carbocycles. The third kappa shape index (κ3) is 2.36. The molecule has 0 saturated carbocycles. The van der Waals surface area contributed by atoms with Crippen LogP contribution in [0, 0.1) is 3.57 Å². The zero-order valence-electron chi connectivity index (χ0n) is 10.7. The Morgan fingerprint density at radius 2 is 1.94 bits per heavy atom. The largest absolute Gasteiger partial charge is 0.465 e. The van der Waals surface area contributed by atoms with Gasteiger partial charge in [0.15, 0.2) is 0 Å². The Morgan fingerprint density at radius 3 is 2.56 bits per heavy atom. The van der Waals surface area contributed by atoms with E-state index >= 15 is 0 Å². The lowest BCUT2D eigenvalue weighted by Gasteiger charge is -2.04. The average Bonchev–Trinajstić information content (AvgIpc) is 2.55. The number of methoxy groups -OCH3 is 1. The van der Waals surface area contributed by atoms with Gasteiger partial charge < -0.3 is 4.74 Å². The van der Waals surface area contributed by atoms with Crippen LogP contribution in [0.3, 0.4) is 0 Å². The Kier molecular flexibility index (Phi) is 3.90. The van der Waals surface area contributed by atoms with Gasteiger partial charge in [-0.05, 0) is 57.3 Å². The highest BCUT2D eigenvalue weighted by Gasteiger charge is 2.19. The van der Waals surface area contributed by atoms with Crippen molar-refractivity contribution in [3.05, 3.63) is 45.0 Å². The van der Waals surface area contributed by atoms with E-state index in [2.05, 4.69) is 54.6 Å². The van der Waals surface area contributed by atoms with Gasteiger partial charge in [-0.15, -0.1) is 0 Å². The third-order valence-electron chi connectivity index (χ3n) is 3.04. The Bertz CT molecular complexity index is 561. The third-order valence-corrected chi connectivity index (χ3v) is 3.94. The molecule has 0 aliphatic heterocycles. The van der Waals surface area contributed by atoms with Crippen LogP contribution in [0.25, 0.3) is 11.1 Å². The molecule has 94 valence electrons. The Balaban J connectivity index is 2.68. The highest BCUT2D eigenvalue weighted by Crippen LogP contribution is 2.34. The monoisotopic (exact) mass is 354 g/mol. The number of hydrogen-bond acceptors (Lipinski definition) is 2. The predicted octanol–water partition coefficient (Wildman–Crippen LogP) is 4.31. The van der Waals surface area contributed by atoms with Gasteiger partial charge in [-0.2, -0.15) is 0 Å². The number of fused-ring (bicyclic) bond motifs is 1. The normalized spacial score (nSPS) is 10.9. The topological polar surface area (TPSA) is 26.3 Å². The van der Waals surface area contributed by atoms with Gasteiger partial charge in [0.2, 0.25) is 0 Å². The van der Waals surface area contributed by atoms with Crippen molar-refractivity contribution in [3.8, 4) is 11.1 Å². The van der Waals surface area contributed by atoms with Crippen molar-refractivity contribution in [1.82, 2.24) is 0 Å². The second kappa shape index (κ2) is 5.26. The van der Waals surface area contributed by atoms with E-state index < -0.39 is 0 Å². The molecule has 0 radical (unpaired) electrons. The zero-order chi connectivity index (χ0) is 13.3. The lowest BCUT2D eigenvalue weighted by atomic mass is 10.0. The van der Waals surface area contributed by atoms with Crippen LogP contribution in [0.1, 0.15) is 35.7 Å². The molecular formula is C15H15IO2. The number of esters is 1. The molecule has 0 spiro atoms. The molecular weight excluding hydrogens is 339 g/mol. The maximum absolute atomic E-state index is 11.8. The summed E-state index contributed by atoms with van der Waals surface area (Å²) < 4.78 is 5.92. The number of halogens is 1. The molecule has 0 atom stereocenters. The van der Waals surface area contributed by atoms with Gasteiger partial charge in [-0.25, -0.2) is 4.79 Å². The summed E-state index contributed by atoms with van der Waals surface area (Å²) in [5, 5.41) is 0. The molecule has 0 bridgehead atoms. The molecule has 0 aromatic heterocycles. The molecule has 0 fully saturated rings. The lowest BCUT2D eigenvalue weighted by Crippen LogP contribution is -2.00. The number of carbonyl (C=O) groups is 1.